The van der Waals surface area contributed by atoms with E-state index in [-0.39, 0.29) is 19.0 Å². The van der Waals surface area contributed by atoms with Crippen molar-refractivity contribution < 1.29 is 22.5 Å². The van der Waals surface area contributed by atoms with Gasteiger partial charge in [0.2, 0.25) is 15.8 Å². The molecule has 0 heterocycles. The zero-order chi connectivity index (χ0) is 16.0. The number of methoxy groups -OCH3 is 1. The van der Waals surface area contributed by atoms with Gasteiger partial charge in [-0.2, -0.15) is 0 Å². The summed E-state index contributed by atoms with van der Waals surface area (Å²) in [5.41, 5.74) is 4.53. The molecule has 22 heavy (non-hydrogen) atoms. The highest BCUT2D eigenvalue weighted by atomic mass is 35.5. The smallest absolute Gasteiger partial charge is 0.315 e. The van der Waals surface area contributed by atoms with Gasteiger partial charge >= 0.3 is 5.69 Å². The number of hydrogen-bond acceptors (Lipinski definition) is 6. The lowest BCUT2D eigenvalue weighted by atomic mass is 10.3. The molecule has 8 nitrogen and oxygen atoms in total. The van der Waals surface area contributed by atoms with E-state index in [2.05, 4.69) is 9.46 Å². The second kappa shape index (κ2) is 8.83. The number of nitrogens with one attached hydrogen (secondary N) is 1. The van der Waals surface area contributed by atoms with Gasteiger partial charge in [-0.25, -0.2) is 17.5 Å². The van der Waals surface area contributed by atoms with Crippen molar-refractivity contribution in [3.8, 4) is 5.75 Å². The number of nitrogens with two attached hydrogens (primary N) is 1. The van der Waals surface area contributed by atoms with Crippen LogP contribution >= 0.6 is 12.4 Å². The van der Waals surface area contributed by atoms with E-state index in [1.165, 1.54) is 0 Å². The molecule has 0 saturated carbocycles. The summed E-state index contributed by atoms with van der Waals surface area (Å²) in [6.07, 6.45) is 1.14. The summed E-state index contributed by atoms with van der Waals surface area (Å²) >= 11 is 0. The summed E-state index contributed by atoms with van der Waals surface area (Å²) in [4.78, 5) is 9.41. The highest BCUT2D eigenvalue weighted by molar-refractivity contribution is 7.89. The van der Waals surface area contributed by atoms with Crippen molar-refractivity contribution in [2.75, 3.05) is 20.2 Å². The molecule has 1 aromatic carbocycles. The van der Waals surface area contributed by atoms with Crippen LogP contribution in [0.3, 0.4) is 0 Å². The number of nitro benzene ring substituents is 1. The number of benzene rings is 1. The first-order valence-corrected chi connectivity index (χ1v) is 7.53. The maximum Gasteiger partial charge on any atom is 0.315 e. The summed E-state index contributed by atoms with van der Waals surface area (Å²) in [6, 6.07) is 1.43. The molecule has 0 fully saturated rings. The minimum absolute atomic E-state index is 0. The van der Waals surface area contributed by atoms with Crippen LogP contribution in [0.15, 0.2) is 17.0 Å². The maximum absolute atomic E-state index is 13.7. The van der Waals surface area contributed by atoms with Crippen molar-refractivity contribution in [3.05, 3.63) is 28.1 Å². The lowest BCUT2D eigenvalue weighted by molar-refractivity contribution is -0.386. The Morgan fingerprint density at radius 2 is 2.05 bits per heavy atom. The maximum atomic E-state index is 13.7. The van der Waals surface area contributed by atoms with Gasteiger partial charge in [-0.15, -0.1) is 12.4 Å². The number of unbranched alkanes of at least 4 members (excludes halogenated alkanes) is 1. The molecule has 0 aromatic heterocycles. The van der Waals surface area contributed by atoms with Crippen LogP contribution in [0.2, 0.25) is 0 Å². The van der Waals surface area contributed by atoms with Gasteiger partial charge in [0.25, 0.3) is 0 Å². The van der Waals surface area contributed by atoms with E-state index in [0.29, 0.717) is 25.5 Å². The summed E-state index contributed by atoms with van der Waals surface area (Å²) in [5.74, 6) is -1.73. The molecule has 1 aromatic rings. The molecule has 0 aliphatic heterocycles. The molecule has 0 spiro atoms. The molecule has 126 valence electrons. The zero-order valence-corrected chi connectivity index (χ0v) is 13.4. The average molecular weight is 358 g/mol. The van der Waals surface area contributed by atoms with Crippen LogP contribution < -0.4 is 15.2 Å². The molecule has 0 unspecified atom stereocenters. The van der Waals surface area contributed by atoms with Crippen LogP contribution in [0, 0.1) is 15.9 Å². The largest absolute Gasteiger partial charge is 0.488 e. The Morgan fingerprint density at radius 3 is 2.55 bits per heavy atom. The van der Waals surface area contributed by atoms with Gasteiger partial charge in [-0.1, -0.05) is 0 Å². The molecule has 3 N–H and O–H groups in total. The molecular formula is C11H17ClFN3O5S. The summed E-state index contributed by atoms with van der Waals surface area (Å²) in [7, 11) is -2.97. The first-order chi connectivity index (χ1) is 9.83. The van der Waals surface area contributed by atoms with Crippen LogP contribution in [0.25, 0.3) is 0 Å². The quantitative estimate of drug-likeness (QED) is 0.409. The Kier molecular flexibility index (Phi) is 8.23. The topological polar surface area (TPSA) is 125 Å². The normalized spacial score (nSPS) is 10.9. The fraction of sp³-hybridized carbons (Fsp3) is 0.455. The molecule has 0 aliphatic carbocycles. The lowest BCUT2D eigenvalue weighted by Crippen LogP contribution is -2.25. The molecule has 0 radical (unpaired) electrons. The van der Waals surface area contributed by atoms with Gasteiger partial charge in [0.1, 0.15) is 0 Å². The SMILES string of the molecule is COc1c(F)cc(S(=O)(=O)NCCCCN)cc1[N+](=O)[O-].Cl. The summed E-state index contributed by atoms with van der Waals surface area (Å²) < 4.78 is 44.4. The van der Waals surface area contributed by atoms with E-state index >= 15 is 0 Å². The standard InChI is InChI=1S/C11H16FN3O5S.ClH/c1-20-11-9(12)6-8(7-10(11)15(16)17)21(18,19)14-5-3-2-4-13;/h6-7,14H,2-5,13H2,1H3;1H. The van der Waals surface area contributed by atoms with Crippen molar-refractivity contribution in [3.63, 3.8) is 0 Å². The number of halogens is 2. The fourth-order valence-electron chi connectivity index (χ4n) is 1.61. The van der Waals surface area contributed by atoms with Gasteiger partial charge in [0.05, 0.1) is 16.9 Å². The number of sulfonamides is 1. The highest BCUT2D eigenvalue weighted by Crippen LogP contribution is 2.32. The minimum Gasteiger partial charge on any atom is -0.488 e. The molecule has 0 atom stereocenters. The Bertz CT molecular complexity index is 626. The van der Waals surface area contributed by atoms with Crippen molar-refractivity contribution in [1.29, 1.82) is 0 Å². The van der Waals surface area contributed by atoms with Crippen LogP contribution in [-0.4, -0.2) is 33.5 Å². The third kappa shape index (κ3) is 5.05. The van der Waals surface area contributed by atoms with Crippen LogP contribution in [-0.2, 0) is 10.0 Å². The molecule has 1 rings (SSSR count). The van der Waals surface area contributed by atoms with Crippen LogP contribution in [0.4, 0.5) is 10.1 Å². The van der Waals surface area contributed by atoms with E-state index in [1.807, 2.05) is 0 Å². The van der Waals surface area contributed by atoms with Crippen molar-refractivity contribution in [2.24, 2.45) is 5.73 Å². The van der Waals surface area contributed by atoms with Crippen molar-refractivity contribution in [2.45, 2.75) is 17.7 Å². The van der Waals surface area contributed by atoms with E-state index in [1.54, 1.807) is 0 Å². The fourth-order valence-corrected chi connectivity index (χ4v) is 2.71. The molecule has 11 heteroatoms. The zero-order valence-electron chi connectivity index (χ0n) is 11.7. The van der Waals surface area contributed by atoms with Gasteiger partial charge in [-0.3, -0.25) is 10.1 Å². The first-order valence-electron chi connectivity index (χ1n) is 6.05. The van der Waals surface area contributed by atoms with E-state index in [9.17, 15) is 22.9 Å². The Hall–Kier alpha value is -1.49. The first kappa shape index (κ1) is 20.5. The van der Waals surface area contributed by atoms with E-state index in [4.69, 9.17) is 5.73 Å². The third-order valence-corrected chi connectivity index (χ3v) is 4.07. The second-order valence-electron chi connectivity index (χ2n) is 4.11. The van der Waals surface area contributed by atoms with E-state index < -0.39 is 37.1 Å². The van der Waals surface area contributed by atoms with Crippen molar-refractivity contribution in [1.82, 2.24) is 4.72 Å². The number of nitrogens with zero attached hydrogens (tertiary/aromatic N) is 1. The van der Waals surface area contributed by atoms with Gasteiger partial charge in [0.15, 0.2) is 5.82 Å². The molecular weight excluding hydrogens is 341 g/mol. The van der Waals surface area contributed by atoms with Gasteiger partial charge < -0.3 is 10.5 Å². The predicted molar refractivity (Wildman–Crippen MR) is 80.3 cm³/mol. The van der Waals surface area contributed by atoms with Crippen molar-refractivity contribution >= 4 is 28.1 Å². The third-order valence-electron chi connectivity index (χ3n) is 2.63. The van der Waals surface area contributed by atoms with E-state index in [0.717, 1.165) is 13.2 Å². The summed E-state index contributed by atoms with van der Waals surface area (Å²) in [6.45, 7) is 0.533. The highest BCUT2D eigenvalue weighted by Gasteiger charge is 2.25. The molecule has 0 aliphatic rings. The number of ether oxygens (including phenoxy) is 1. The van der Waals surface area contributed by atoms with Gasteiger partial charge in [0, 0.05) is 12.6 Å². The molecule has 0 bridgehead atoms. The summed E-state index contributed by atoms with van der Waals surface area (Å²) in [5, 5.41) is 10.8. The monoisotopic (exact) mass is 357 g/mol. The van der Waals surface area contributed by atoms with Crippen LogP contribution in [0.5, 0.6) is 5.75 Å². The number of rotatable bonds is 8. The Morgan fingerprint density at radius 1 is 1.41 bits per heavy atom. The molecule has 0 amide bonds. The number of hydrogen-bond donors (Lipinski definition) is 2. The molecule has 0 saturated heterocycles. The Balaban J connectivity index is 0.00000441. The minimum atomic E-state index is -4.04. The number of nitro groups is 1. The van der Waals surface area contributed by atoms with Gasteiger partial charge in [-0.05, 0) is 25.5 Å². The Labute approximate surface area is 133 Å². The predicted octanol–water partition coefficient (Wildman–Crippen LogP) is 1.18. The second-order valence-corrected chi connectivity index (χ2v) is 5.88. The average Bonchev–Trinajstić information content (AvgIpc) is 2.42. The van der Waals surface area contributed by atoms with Crippen LogP contribution in [0.1, 0.15) is 12.8 Å². The lowest BCUT2D eigenvalue weighted by Gasteiger charge is -2.09.